The first-order chi connectivity index (χ1) is 15.7. The Morgan fingerprint density at radius 1 is 1.27 bits per heavy atom. The van der Waals surface area contributed by atoms with Gasteiger partial charge in [-0.15, -0.1) is 0 Å². The minimum Gasteiger partial charge on any atom is -0.387 e. The summed E-state index contributed by atoms with van der Waals surface area (Å²) in [5, 5.41) is 29.4. The quantitative estimate of drug-likeness (QED) is 0.350. The molecule has 1 saturated heterocycles. The van der Waals surface area contributed by atoms with Gasteiger partial charge in [-0.1, -0.05) is 24.3 Å². The van der Waals surface area contributed by atoms with Gasteiger partial charge in [0.1, 0.15) is 23.8 Å². The van der Waals surface area contributed by atoms with Gasteiger partial charge in [0, 0.05) is 0 Å². The Labute approximate surface area is 193 Å². The van der Waals surface area contributed by atoms with Crippen molar-refractivity contribution in [3.05, 3.63) is 46.9 Å². The van der Waals surface area contributed by atoms with Crippen LogP contribution in [0, 0.1) is 0 Å². The largest absolute Gasteiger partial charge is 0.387 e. The molecule has 5 N–H and O–H groups in total. The van der Waals surface area contributed by atoms with Gasteiger partial charge in [0.2, 0.25) is 11.2 Å². The molecule has 0 radical (unpaired) electrons. The summed E-state index contributed by atoms with van der Waals surface area (Å²) < 4.78 is 34.1. The Kier molecular flexibility index (Phi) is 5.73. The van der Waals surface area contributed by atoms with Crippen molar-refractivity contribution in [1.29, 1.82) is 0 Å². The van der Waals surface area contributed by atoms with Crippen LogP contribution in [0.2, 0.25) is 5.28 Å². The molecule has 1 aliphatic carbocycles. The lowest BCUT2D eigenvalue weighted by Crippen LogP contribution is -2.35. The van der Waals surface area contributed by atoms with E-state index >= 15 is 0 Å². The highest BCUT2D eigenvalue weighted by Gasteiger charge is 2.46. The third kappa shape index (κ3) is 4.28. The number of nitrogens with two attached hydrogens (primary N) is 1. The topological polar surface area (TPSA) is 175 Å². The molecule has 1 fully saturated rings. The van der Waals surface area contributed by atoms with Crippen LogP contribution in [0.1, 0.15) is 29.8 Å². The summed E-state index contributed by atoms with van der Waals surface area (Å²) in [5.41, 5.74) is 3.02. The number of nitrogens with one attached hydrogen (secondary N) is 1. The van der Waals surface area contributed by atoms with Gasteiger partial charge in [-0.3, -0.25) is 8.75 Å². The van der Waals surface area contributed by atoms with Crippen LogP contribution in [0.4, 0.5) is 5.95 Å². The van der Waals surface area contributed by atoms with Gasteiger partial charge >= 0.3 is 10.3 Å². The van der Waals surface area contributed by atoms with Crippen LogP contribution < -0.4 is 10.5 Å². The predicted octanol–water partition coefficient (Wildman–Crippen LogP) is 0.418. The molecule has 33 heavy (non-hydrogen) atoms. The molecule has 5 atom stereocenters. The second-order valence-electron chi connectivity index (χ2n) is 7.91. The molecule has 0 bridgehead atoms. The van der Waals surface area contributed by atoms with E-state index in [9.17, 15) is 18.6 Å². The Morgan fingerprint density at radius 3 is 2.85 bits per heavy atom. The van der Waals surface area contributed by atoms with Gasteiger partial charge in [0.05, 0.1) is 18.8 Å². The second-order valence-corrected chi connectivity index (χ2v) is 9.47. The summed E-state index contributed by atoms with van der Waals surface area (Å²) in [6.07, 6.45) is -2.06. The molecule has 5 rings (SSSR count). The van der Waals surface area contributed by atoms with Crippen molar-refractivity contribution >= 4 is 39.0 Å². The molecule has 2 aromatic heterocycles. The van der Waals surface area contributed by atoms with Gasteiger partial charge in [0.25, 0.3) is 0 Å². The third-order valence-electron chi connectivity index (χ3n) is 5.83. The molecular formula is C19H21ClN6O6S. The highest BCUT2D eigenvalue weighted by atomic mass is 35.5. The number of hydrogen-bond donors (Lipinski definition) is 4. The van der Waals surface area contributed by atoms with Crippen molar-refractivity contribution in [2.24, 2.45) is 5.14 Å². The number of anilines is 1. The predicted molar refractivity (Wildman–Crippen MR) is 116 cm³/mol. The number of aliphatic hydroxyl groups excluding tert-OH is 2. The number of benzene rings is 1. The van der Waals surface area contributed by atoms with Gasteiger partial charge < -0.3 is 20.3 Å². The smallest absolute Gasteiger partial charge is 0.333 e. The standard InChI is InChI=1S/C19H21ClN6O6S/c20-18-22-7-12-16(25-18)26(17-15(28)14(27)13(32-17)8-31-33(21,29)30)19(24-12)23-11-6-5-9-3-1-2-4-10(9)11/h1-4,7,11,13-15,17,27-28H,5-6,8H2,(H,23,24)(H2,21,29,30)/t11-,13+,14+,15+,17+/m0/s1. The summed E-state index contributed by atoms with van der Waals surface area (Å²) in [4.78, 5) is 12.7. The van der Waals surface area contributed by atoms with Crippen LogP contribution in [0.5, 0.6) is 0 Å². The van der Waals surface area contributed by atoms with Crippen molar-refractivity contribution in [3.63, 3.8) is 0 Å². The van der Waals surface area contributed by atoms with E-state index in [2.05, 4.69) is 30.5 Å². The number of ether oxygens (including phenoxy) is 1. The molecule has 0 saturated carbocycles. The second kappa shape index (κ2) is 8.43. The first kappa shape index (κ1) is 22.4. The zero-order valence-electron chi connectivity index (χ0n) is 17.1. The number of aliphatic hydroxyl groups is 2. The molecule has 14 heteroatoms. The van der Waals surface area contributed by atoms with Gasteiger partial charge in [-0.25, -0.2) is 15.1 Å². The lowest BCUT2D eigenvalue weighted by Gasteiger charge is -2.22. The molecule has 3 aromatic rings. The van der Waals surface area contributed by atoms with Crippen LogP contribution in [0.3, 0.4) is 0 Å². The molecule has 0 amide bonds. The molecular weight excluding hydrogens is 476 g/mol. The number of fused-ring (bicyclic) bond motifs is 2. The summed E-state index contributed by atoms with van der Waals surface area (Å²) >= 11 is 6.00. The Hall–Kier alpha value is -2.39. The van der Waals surface area contributed by atoms with Crippen molar-refractivity contribution < 1.29 is 27.6 Å². The Balaban J connectivity index is 1.51. The van der Waals surface area contributed by atoms with E-state index in [1.54, 1.807) is 0 Å². The van der Waals surface area contributed by atoms with E-state index in [-0.39, 0.29) is 17.0 Å². The molecule has 12 nitrogen and oxygen atoms in total. The Bertz CT molecular complexity index is 1300. The fraction of sp³-hybridized carbons (Fsp3) is 0.421. The van der Waals surface area contributed by atoms with Crippen LogP contribution in [0.25, 0.3) is 11.2 Å². The number of hydrogen-bond acceptors (Lipinski definition) is 10. The first-order valence-electron chi connectivity index (χ1n) is 10.1. The number of aryl methyl sites for hydroxylation is 1. The van der Waals surface area contributed by atoms with Crippen LogP contribution in [-0.2, 0) is 25.6 Å². The van der Waals surface area contributed by atoms with E-state index in [4.69, 9.17) is 21.5 Å². The third-order valence-corrected chi connectivity index (χ3v) is 6.47. The van der Waals surface area contributed by atoms with E-state index in [0.717, 1.165) is 18.4 Å². The van der Waals surface area contributed by atoms with Crippen molar-refractivity contribution in [2.45, 2.75) is 43.4 Å². The zero-order valence-corrected chi connectivity index (χ0v) is 18.6. The normalized spacial score (nSPS) is 27.2. The summed E-state index contributed by atoms with van der Waals surface area (Å²) in [5.74, 6) is 0.326. The maximum atomic E-state index is 11.1. The van der Waals surface area contributed by atoms with E-state index in [1.807, 2.05) is 18.2 Å². The average molecular weight is 497 g/mol. The molecule has 176 valence electrons. The van der Waals surface area contributed by atoms with Crippen LogP contribution >= 0.6 is 11.6 Å². The minimum absolute atomic E-state index is 0.0384. The highest BCUT2D eigenvalue weighted by molar-refractivity contribution is 7.84. The maximum Gasteiger partial charge on any atom is 0.333 e. The summed E-state index contributed by atoms with van der Waals surface area (Å²) in [6, 6.07) is 8.01. The number of aromatic nitrogens is 4. The van der Waals surface area contributed by atoms with Crippen molar-refractivity contribution in [2.75, 3.05) is 11.9 Å². The van der Waals surface area contributed by atoms with E-state index in [0.29, 0.717) is 11.5 Å². The maximum absolute atomic E-state index is 11.1. The van der Waals surface area contributed by atoms with Crippen molar-refractivity contribution in [3.8, 4) is 0 Å². The summed E-state index contributed by atoms with van der Waals surface area (Å²) in [7, 11) is -4.26. The van der Waals surface area contributed by atoms with E-state index in [1.165, 1.54) is 16.3 Å². The highest BCUT2D eigenvalue weighted by Crippen LogP contribution is 2.38. The summed E-state index contributed by atoms with van der Waals surface area (Å²) in [6.45, 7) is -0.575. The fourth-order valence-electron chi connectivity index (χ4n) is 4.32. The molecule has 2 aliphatic rings. The van der Waals surface area contributed by atoms with E-state index < -0.39 is 41.5 Å². The van der Waals surface area contributed by atoms with Crippen LogP contribution in [0.15, 0.2) is 30.5 Å². The van der Waals surface area contributed by atoms with Crippen molar-refractivity contribution in [1.82, 2.24) is 19.5 Å². The minimum atomic E-state index is -4.26. The lowest BCUT2D eigenvalue weighted by molar-refractivity contribution is -0.0457. The molecule has 0 unspecified atom stereocenters. The first-order valence-corrected chi connectivity index (χ1v) is 12.0. The average Bonchev–Trinajstić information content (AvgIpc) is 3.41. The monoisotopic (exact) mass is 496 g/mol. The molecule has 0 spiro atoms. The number of nitrogens with zero attached hydrogens (tertiary/aromatic N) is 4. The molecule has 1 aliphatic heterocycles. The molecule has 3 heterocycles. The number of rotatable bonds is 6. The van der Waals surface area contributed by atoms with Crippen LogP contribution in [-0.4, -0.2) is 63.1 Å². The van der Waals surface area contributed by atoms with Gasteiger partial charge in [-0.05, 0) is 35.6 Å². The fourth-order valence-corrected chi connectivity index (χ4v) is 4.77. The number of halogens is 1. The van der Waals surface area contributed by atoms with Gasteiger partial charge in [0.15, 0.2) is 11.9 Å². The zero-order chi connectivity index (χ0) is 23.3. The number of imidazole rings is 1. The lowest BCUT2D eigenvalue weighted by atomic mass is 10.1. The Morgan fingerprint density at radius 2 is 2.06 bits per heavy atom. The SMILES string of the molecule is NS(=O)(=O)OC[C@H]1O[C@@H](n2c(N[C@H]3CCc4ccccc43)nc3cnc(Cl)nc32)[C@H](O)[C@@H]1O. The molecule has 1 aromatic carbocycles. The van der Waals surface area contributed by atoms with Gasteiger partial charge in [-0.2, -0.15) is 13.4 Å².